The van der Waals surface area contributed by atoms with Crippen LogP contribution >= 0.6 is 11.6 Å². The molecule has 3 nitrogen and oxygen atoms in total. The quantitative estimate of drug-likeness (QED) is 0.843. The molecule has 0 aliphatic carbocycles. The van der Waals surface area contributed by atoms with Crippen LogP contribution in [0.25, 0.3) is 11.3 Å². The van der Waals surface area contributed by atoms with E-state index in [4.69, 9.17) is 11.6 Å². The van der Waals surface area contributed by atoms with E-state index in [0.717, 1.165) is 29.4 Å². The van der Waals surface area contributed by atoms with E-state index in [0.29, 0.717) is 6.04 Å². The predicted molar refractivity (Wildman–Crippen MR) is 87.5 cm³/mol. The fraction of sp³-hybridized carbons (Fsp3) is 0.471. The summed E-state index contributed by atoms with van der Waals surface area (Å²) in [5.41, 5.74) is 3.48. The molecule has 1 aliphatic rings. The van der Waals surface area contributed by atoms with Crippen LogP contribution < -0.4 is 0 Å². The predicted octanol–water partition coefficient (Wildman–Crippen LogP) is 4.21. The maximum atomic E-state index is 6.51. The highest BCUT2D eigenvalue weighted by molar-refractivity contribution is 6.31. The summed E-state index contributed by atoms with van der Waals surface area (Å²) in [7, 11) is 0. The zero-order valence-electron chi connectivity index (χ0n) is 12.7. The van der Waals surface area contributed by atoms with Gasteiger partial charge in [-0.1, -0.05) is 23.7 Å². The van der Waals surface area contributed by atoms with Crippen LogP contribution in [-0.4, -0.2) is 27.3 Å². The zero-order chi connectivity index (χ0) is 14.8. The molecule has 4 heteroatoms. The van der Waals surface area contributed by atoms with Gasteiger partial charge in [-0.2, -0.15) is 5.10 Å². The Balaban J connectivity index is 1.83. The zero-order valence-corrected chi connectivity index (χ0v) is 13.5. The lowest BCUT2D eigenvalue weighted by atomic mass is 10.1. The van der Waals surface area contributed by atoms with Gasteiger partial charge in [0.15, 0.2) is 0 Å². The number of aryl methyl sites for hydroxylation is 1. The van der Waals surface area contributed by atoms with Crippen LogP contribution in [0.2, 0.25) is 5.02 Å². The maximum absolute atomic E-state index is 6.51. The molecular formula is C17H22ClN3. The molecule has 0 bridgehead atoms. The molecule has 1 aliphatic heterocycles. The van der Waals surface area contributed by atoms with E-state index in [1.54, 1.807) is 0 Å². The molecule has 1 saturated heterocycles. The summed E-state index contributed by atoms with van der Waals surface area (Å²) in [4.78, 5) is 2.51. The maximum Gasteiger partial charge on any atom is 0.0682 e. The van der Waals surface area contributed by atoms with Crippen molar-refractivity contribution in [3.63, 3.8) is 0 Å². The normalized spacial score (nSPS) is 19.3. The first kappa shape index (κ1) is 14.6. The molecular weight excluding hydrogens is 282 g/mol. The van der Waals surface area contributed by atoms with E-state index in [1.165, 1.54) is 24.9 Å². The summed E-state index contributed by atoms with van der Waals surface area (Å²) < 4.78 is 1.99. The smallest absolute Gasteiger partial charge is 0.0682 e. The van der Waals surface area contributed by atoms with Gasteiger partial charge in [-0.15, -0.1) is 0 Å². The van der Waals surface area contributed by atoms with Gasteiger partial charge >= 0.3 is 0 Å². The third kappa shape index (κ3) is 2.99. The van der Waals surface area contributed by atoms with Gasteiger partial charge in [0.2, 0.25) is 0 Å². The van der Waals surface area contributed by atoms with Crippen molar-refractivity contribution in [2.24, 2.45) is 0 Å². The van der Waals surface area contributed by atoms with Crippen LogP contribution in [-0.2, 0) is 13.1 Å². The van der Waals surface area contributed by atoms with Crippen molar-refractivity contribution in [1.82, 2.24) is 14.7 Å². The van der Waals surface area contributed by atoms with E-state index in [-0.39, 0.29) is 0 Å². The number of likely N-dealkylation sites (tertiary alicyclic amines) is 1. The third-order valence-corrected chi connectivity index (χ3v) is 4.78. The number of hydrogen-bond acceptors (Lipinski definition) is 2. The van der Waals surface area contributed by atoms with Gasteiger partial charge in [-0.3, -0.25) is 9.58 Å². The highest BCUT2D eigenvalue weighted by Gasteiger charge is 2.21. The lowest BCUT2D eigenvalue weighted by Gasteiger charge is -2.21. The minimum atomic E-state index is 0.669. The second kappa shape index (κ2) is 6.20. The van der Waals surface area contributed by atoms with Crippen molar-refractivity contribution in [3.8, 4) is 11.3 Å². The summed E-state index contributed by atoms with van der Waals surface area (Å²) in [5, 5.41) is 5.18. The molecule has 0 amide bonds. The number of aromatic nitrogens is 2. The van der Waals surface area contributed by atoms with E-state index in [9.17, 15) is 0 Å². The molecule has 112 valence electrons. The average Bonchev–Trinajstić information content (AvgIpc) is 3.10. The monoisotopic (exact) mass is 303 g/mol. The van der Waals surface area contributed by atoms with Crippen LogP contribution in [0.3, 0.4) is 0 Å². The summed E-state index contributed by atoms with van der Waals surface area (Å²) in [6.07, 6.45) is 4.44. The van der Waals surface area contributed by atoms with E-state index < -0.39 is 0 Å². The van der Waals surface area contributed by atoms with Crippen molar-refractivity contribution in [2.75, 3.05) is 6.54 Å². The van der Waals surface area contributed by atoms with Gasteiger partial charge in [-0.25, -0.2) is 0 Å². The summed E-state index contributed by atoms with van der Waals surface area (Å²) in [5.74, 6) is 0. The number of rotatable bonds is 4. The van der Waals surface area contributed by atoms with E-state index in [1.807, 2.05) is 16.9 Å². The topological polar surface area (TPSA) is 21.1 Å². The van der Waals surface area contributed by atoms with Gasteiger partial charge in [0, 0.05) is 35.9 Å². The summed E-state index contributed by atoms with van der Waals surface area (Å²) >= 11 is 6.51. The Kier molecular flexibility index (Phi) is 4.32. The molecule has 0 saturated carbocycles. The Morgan fingerprint density at radius 3 is 2.86 bits per heavy atom. The fourth-order valence-corrected chi connectivity index (χ4v) is 3.35. The Hall–Kier alpha value is -1.32. The number of halogens is 1. The Morgan fingerprint density at radius 2 is 2.19 bits per heavy atom. The van der Waals surface area contributed by atoms with Crippen LogP contribution in [0.5, 0.6) is 0 Å². The number of benzene rings is 1. The third-order valence-electron chi connectivity index (χ3n) is 4.43. The van der Waals surface area contributed by atoms with Crippen molar-refractivity contribution < 1.29 is 0 Å². The van der Waals surface area contributed by atoms with Gasteiger partial charge < -0.3 is 0 Å². The van der Waals surface area contributed by atoms with Gasteiger partial charge in [0.25, 0.3) is 0 Å². The molecule has 2 heterocycles. The molecule has 1 fully saturated rings. The molecule has 0 radical (unpaired) electrons. The minimum absolute atomic E-state index is 0.669. The first-order valence-corrected chi connectivity index (χ1v) is 8.11. The molecule has 2 aromatic rings. The van der Waals surface area contributed by atoms with E-state index >= 15 is 0 Å². The molecule has 1 aromatic heterocycles. The lowest BCUT2D eigenvalue weighted by molar-refractivity contribution is 0.260. The lowest BCUT2D eigenvalue weighted by Crippen LogP contribution is -2.26. The Bertz CT molecular complexity index is 620. The second-order valence-electron chi connectivity index (χ2n) is 5.80. The Labute approximate surface area is 131 Å². The van der Waals surface area contributed by atoms with Crippen molar-refractivity contribution in [1.29, 1.82) is 0 Å². The summed E-state index contributed by atoms with van der Waals surface area (Å²) in [6, 6.07) is 9.10. The van der Waals surface area contributed by atoms with Crippen LogP contribution in [0.15, 0.2) is 30.5 Å². The van der Waals surface area contributed by atoms with Crippen LogP contribution in [0.4, 0.5) is 0 Å². The molecule has 1 atom stereocenters. The number of hydrogen-bond donors (Lipinski definition) is 0. The van der Waals surface area contributed by atoms with Crippen LogP contribution in [0.1, 0.15) is 32.3 Å². The number of nitrogens with zero attached hydrogens (tertiary/aromatic N) is 3. The standard InChI is InChI=1S/C17H22ClN3/c1-3-21-17(8-9-19-21)14-6-7-15(16(18)11-14)12-20-10-4-5-13(20)2/h6-9,11,13H,3-5,10,12H2,1-2H3/t13-/m1/s1. The first-order valence-electron chi connectivity index (χ1n) is 7.73. The Morgan fingerprint density at radius 1 is 1.33 bits per heavy atom. The molecule has 21 heavy (non-hydrogen) atoms. The average molecular weight is 304 g/mol. The molecule has 0 spiro atoms. The van der Waals surface area contributed by atoms with Crippen molar-refractivity contribution in [2.45, 2.75) is 45.8 Å². The van der Waals surface area contributed by atoms with Crippen molar-refractivity contribution in [3.05, 3.63) is 41.0 Å². The fourth-order valence-electron chi connectivity index (χ4n) is 3.11. The van der Waals surface area contributed by atoms with Gasteiger partial charge in [0.1, 0.15) is 0 Å². The van der Waals surface area contributed by atoms with Crippen molar-refractivity contribution >= 4 is 11.6 Å². The highest BCUT2D eigenvalue weighted by atomic mass is 35.5. The molecule has 0 unspecified atom stereocenters. The minimum Gasteiger partial charge on any atom is -0.296 e. The van der Waals surface area contributed by atoms with Gasteiger partial charge in [-0.05, 0) is 50.9 Å². The largest absolute Gasteiger partial charge is 0.296 e. The first-order chi connectivity index (χ1) is 10.2. The molecule has 3 rings (SSSR count). The van der Waals surface area contributed by atoms with Gasteiger partial charge in [0.05, 0.1) is 5.69 Å². The highest BCUT2D eigenvalue weighted by Crippen LogP contribution is 2.28. The second-order valence-corrected chi connectivity index (χ2v) is 6.21. The van der Waals surface area contributed by atoms with Crippen LogP contribution in [0, 0.1) is 0 Å². The van der Waals surface area contributed by atoms with E-state index in [2.05, 4.69) is 42.0 Å². The SMILES string of the molecule is CCn1nccc1-c1ccc(CN2CCC[C@H]2C)c(Cl)c1. The molecule has 0 N–H and O–H groups in total. The molecule has 1 aromatic carbocycles. The summed E-state index contributed by atoms with van der Waals surface area (Å²) in [6.45, 7) is 7.40.